The fraction of sp³-hybridized carbons (Fsp3) is 0.438. The van der Waals surface area contributed by atoms with Crippen LogP contribution in [-0.2, 0) is 25.9 Å². The van der Waals surface area contributed by atoms with Crippen LogP contribution in [0.3, 0.4) is 0 Å². The summed E-state index contributed by atoms with van der Waals surface area (Å²) in [7, 11) is 0. The smallest absolute Gasteiger partial charge is 0.0625 e. The van der Waals surface area contributed by atoms with Crippen molar-refractivity contribution < 1.29 is 0 Å². The van der Waals surface area contributed by atoms with E-state index in [4.69, 9.17) is 11.6 Å². The van der Waals surface area contributed by atoms with Gasteiger partial charge in [-0.3, -0.25) is 4.68 Å². The molecule has 0 amide bonds. The van der Waals surface area contributed by atoms with Crippen LogP contribution < -0.4 is 5.32 Å². The van der Waals surface area contributed by atoms with E-state index in [0.29, 0.717) is 0 Å². The Balaban J connectivity index is 1.81. The Morgan fingerprint density at radius 2 is 1.95 bits per heavy atom. The van der Waals surface area contributed by atoms with Gasteiger partial charge in [0, 0.05) is 18.1 Å². The van der Waals surface area contributed by atoms with E-state index in [0.717, 1.165) is 37.5 Å². The minimum absolute atomic E-state index is 0.792. The van der Waals surface area contributed by atoms with E-state index >= 15 is 0 Å². The highest BCUT2D eigenvalue weighted by Crippen LogP contribution is 2.10. The van der Waals surface area contributed by atoms with Crippen molar-refractivity contribution in [3.05, 3.63) is 52.3 Å². The third kappa shape index (κ3) is 4.09. The maximum absolute atomic E-state index is 5.88. The molecule has 0 atom stereocenters. The molecule has 108 valence electrons. The van der Waals surface area contributed by atoms with Crippen molar-refractivity contribution in [3.63, 3.8) is 0 Å². The minimum atomic E-state index is 0.792. The number of hydrogen-bond acceptors (Lipinski definition) is 2. The summed E-state index contributed by atoms with van der Waals surface area (Å²) in [5.41, 5.74) is 3.74. The summed E-state index contributed by atoms with van der Waals surface area (Å²) in [6, 6.07) is 10.2. The van der Waals surface area contributed by atoms with Crippen molar-refractivity contribution in [3.8, 4) is 0 Å². The summed E-state index contributed by atoms with van der Waals surface area (Å²) in [4.78, 5) is 0. The Bertz CT molecular complexity index is 531. The van der Waals surface area contributed by atoms with Gasteiger partial charge in [0.1, 0.15) is 0 Å². The van der Waals surface area contributed by atoms with Gasteiger partial charge < -0.3 is 5.32 Å². The SMILES string of the molecule is CCc1cc(CNCCc2ccc(Cl)cc2)n(CC)n1. The summed E-state index contributed by atoms with van der Waals surface area (Å²) < 4.78 is 2.08. The molecule has 0 unspecified atom stereocenters. The molecule has 0 aliphatic carbocycles. The molecule has 1 aromatic heterocycles. The zero-order valence-electron chi connectivity index (χ0n) is 12.2. The van der Waals surface area contributed by atoms with E-state index in [1.807, 2.05) is 12.1 Å². The maximum atomic E-state index is 5.88. The van der Waals surface area contributed by atoms with Gasteiger partial charge in [0.15, 0.2) is 0 Å². The van der Waals surface area contributed by atoms with Crippen molar-refractivity contribution in [2.75, 3.05) is 6.54 Å². The number of benzene rings is 1. The second-order valence-corrected chi connectivity index (χ2v) is 5.29. The van der Waals surface area contributed by atoms with Crippen LogP contribution in [0.4, 0.5) is 0 Å². The molecule has 0 fully saturated rings. The standard InChI is InChI=1S/C16H22ClN3/c1-3-15-11-16(20(4-2)19-15)12-18-10-9-13-5-7-14(17)8-6-13/h5-8,11,18H,3-4,9-10,12H2,1-2H3. The van der Waals surface area contributed by atoms with Crippen molar-refractivity contribution in [2.45, 2.75) is 39.8 Å². The number of nitrogens with zero attached hydrogens (tertiary/aromatic N) is 2. The highest BCUT2D eigenvalue weighted by atomic mass is 35.5. The molecule has 2 rings (SSSR count). The number of halogens is 1. The highest BCUT2D eigenvalue weighted by Gasteiger charge is 2.04. The van der Waals surface area contributed by atoms with E-state index < -0.39 is 0 Å². The molecule has 1 N–H and O–H groups in total. The molecule has 0 bridgehead atoms. The van der Waals surface area contributed by atoms with Crippen LogP contribution >= 0.6 is 11.6 Å². The lowest BCUT2D eigenvalue weighted by atomic mass is 10.1. The van der Waals surface area contributed by atoms with E-state index in [2.05, 4.69) is 47.1 Å². The quantitative estimate of drug-likeness (QED) is 0.792. The topological polar surface area (TPSA) is 29.9 Å². The number of rotatable bonds is 7. The summed E-state index contributed by atoms with van der Waals surface area (Å²) in [6.07, 6.45) is 2.00. The van der Waals surface area contributed by atoms with Gasteiger partial charge >= 0.3 is 0 Å². The number of aryl methyl sites for hydroxylation is 2. The summed E-state index contributed by atoms with van der Waals surface area (Å²) in [6.45, 7) is 7.02. The van der Waals surface area contributed by atoms with Gasteiger partial charge in [0.2, 0.25) is 0 Å². The lowest BCUT2D eigenvalue weighted by molar-refractivity contribution is 0.578. The lowest BCUT2D eigenvalue weighted by Gasteiger charge is -2.07. The first-order valence-corrected chi connectivity index (χ1v) is 7.61. The molecule has 20 heavy (non-hydrogen) atoms. The third-order valence-electron chi connectivity index (χ3n) is 3.39. The molecular formula is C16H22ClN3. The van der Waals surface area contributed by atoms with Crippen molar-refractivity contribution in [1.82, 2.24) is 15.1 Å². The summed E-state index contributed by atoms with van der Waals surface area (Å²) in [5.74, 6) is 0. The van der Waals surface area contributed by atoms with Crippen LogP contribution in [0.25, 0.3) is 0 Å². The average molecular weight is 292 g/mol. The Morgan fingerprint density at radius 1 is 1.20 bits per heavy atom. The third-order valence-corrected chi connectivity index (χ3v) is 3.64. The van der Waals surface area contributed by atoms with Crippen LogP contribution in [-0.4, -0.2) is 16.3 Å². The first kappa shape index (κ1) is 15.1. The molecule has 0 saturated heterocycles. The van der Waals surface area contributed by atoms with Gasteiger partial charge in [-0.05, 0) is 50.1 Å². The van der Waals surface area contributed by atoms with Crippen molar-refractivity contribution in [2.24, 2.45) is 0 Å². The Kier molecular flexibility index (Phi) is 5.62. The van der Waals surface area contributed by atoms with Gasteiger partial charge in [0.25, 0.3) is 0 Å². The monoisotopic (exact) mass is 291 g/mol. The van der Waals surface area contributed by atoms with Gasteiger partial charge in [-0.2, -0.15) is 5.10 Å². The molecule has 0 aliphatic heterocycles. The lowest BCUT2D eigenvalue weighted by Crippen LogP contribution is -2.19. The zero-order chi connectivity index (χ0) is 14.4. The Morgan fingerprint density at radius 3 is 2.60 bits per heavy atom. The second-order valence-electron chi connectivity index (χ2n) is 4.85. The molecule has 3 nitrogen and oxygen atoms in total. The number of hydrogen-bond donors (Lipinski definition) is 1. The fourth-order valence-electron chi connectivity index (χ4n) is 2.20. The van der Waals surface area contributed by atoms with Gasteiger partial charge in [-0.15, -0.1) is 0 Å². The van der Waals surface area contributed by atoms with Crippen LogP contribution in [0, 0.1) is 0 Å². The first-order chi connectivity index (χ1) is 9.72. The molecule has 1 aromatic carbocycles. The Labute approximate surface area is 126 Å². The Hall–Kier alpha value is -1.32. The minimum Gasteiger partial charge on any atom is -0.311 e. The van der Waals surface area contributed by atoms with Crippen molar-refractivity contribution in [1.29, 1.82) is 0 Å². The van der Waals surface area contributed by atoms with E-state index in [1.165, 1.54) is 17.0 Å². The van der Waals surface area contributed by atoms with Gasteiger partial charge in [0.05, 0.1) is 11.4 Å². The maximum Gasteiger partial charge on any atom is 0.0625 e. The molecule has 0 radical (unpaired) electrons. The molecule has 2 aromatic rings. The zero-order valence-corrected chi connectivity index (χ0v) is 13.0. The molecule has 0 spiro atoms. The largest absolute Gasteiger partial charge is 0.311 e. The molecule has 0 saturated carbocycles. The van der Waals surface area contributed by atoms with Gasteiger partial charge in [-0.25, -0.2) is 0 Å². The first-order valence-electron chi connectivity index (χ1n) is 7.23. The van der Waals surface area contributed by atoms with Crippen LogP contribution in [0.15, 0.2) is 30.3 Å². The number of aromatic nitrogens is 2. The van der Waals surface area contributed by atoms with E-state index in [-0.39, 0.29) is 0 Å². The molecule has 0 aliphatic rings. The molecule has 1 heterocycles. The predicted octanol–water partition coefficient (Wildman–Crippen LogP) is 3.45. The fourth-order valence-corrected chi connectivity index (χ4v) is 2.33. The number of nitrogens with one attached hydrogen (secondary N) is 1. The van der Waals surface area contributed by atoms with E-state index in [9.17, 15) is 0 Å². The van der Waals surface area contributed by atoms with E-state index in [1.54, 1.807) is 0 Å². The predicted molar refractivity (Wildman–Crippen MR) is 84.1 cm³/mol. The highest BCUT2D eigenvalue weighted by molar-refractivity contribution is 6.30. The van der Waals surface area contributed by atoms with Crippen molar-refractivity contribution >= 4 is 11.6 Å². The molecular weight excluding hydrogens is 270 g/mol. The normalized spacial score (nSPS) is 10.9. The second kappa shape index (κ2) is 7.46. The van der Waals surface area contributed by atoms with Gasteiger partial charge in [-0.1, -0.05) is 30.7 Å². The average Bonchev–Trinajstić information content (AvgIpc) is 2.88. The van der Waals surface area contributed by atoms with Crippen LogP contribution in [0.2, 0.25) is 5.02 Å². The van der Waals surface area contributed by atoms with Crippen LogP contribution in [0.5, 0.6) is 0 Å². The van der Waals surface area contributed by atoms with Crippen LogP contribution in [0.1, 0.15) is 30.8 Å². The molecule has 4 heteroatoms. The summed E-state index contributed by atoms with van der Waals surface area (Å²) in [5, 5.41) is 8.83. The summed E-state index contributed by atoms with van der Waals surface area (Å²) >= 11 is 5.88.